The monoisotopic (exact) mass is 155 g/mol. The van der Waals surface area contributed by atoms with Gasteiger partial charge in [-0.2, -0.15) is 0 Å². The average Bonchev–Trinajstić information content (AvgIpc) is 2.04. The van der Waals surface area contributed by atoms with E-state index in [1.165, 1.54) is 19.3 Å². The minimum atomic E-state index is 0.521. The van der Waals surface area contributed by atoms with Gasteiger partial charge >= 0.3 is 0 Å². The fourth-order valence-electron chi connectivity index (χ4n) is 2.20. The molecule has 1 aliphatic carbocycles. The summed E-state index contributed by atoms with van der Waals surface area (Å²) in [4.78, 5) is 0. The molecule has 0 aromatic carbocycles. The van der Waals surface area contributed by atoms with Crippen LogP contribution in [0.15, 0.2) is 0 Å². The highest BCUT2D eigenvalue weighted by atomic mass is 16.5. The van der Waals surface area contributed by atoms with Crippen LogP contribution in [0.4, 0.5) is 0 Å². The number of morpholine rings is 1. The zero-order valence-corrected chi connectivity index (χ0v) is 7.18. The van der Waals surface area contributed by atoms with Gasteiger partial charge in [-0.25, -0.2) is 0 Å². The summed E-state index contributed by atoms with van der Waals surface area (Å²) < 4.78 is 5.69. The van der Waals surface area contributed by atoms with Crippen LogP contribution in [-0.4, -0.2) is 25.3 Å². The molecule has 1 unspecified atom stereocenters. The van der Waals surface area contributed by atoms with E-state index in [-0.39, 0.29) is 0 Å². The summed E-state index contributed by atoms with van der Waals surface area (Å²) in [6.07, 6.45) is 4.47. The van der Waals surface area contributed by atoms with Gasteiger partial charge < -0.3 is 10.1 Å². The highest BCUT2D eigenvalue weighted by Crippen LogP contribution is 2.27. The number of hydrogen-bond acceptors (Lipinski definition) is 2. The number of nitrogens with one attached hydrogen (secondary N) is 1. The van der Waals surface area contributed by atoms with Crippen molar-refractivity contribution in [3.05, 3.63) is 0 Å². The molecule has 0 aromatic rings. The van der Waals surface area contributed by atoms with Crippen molar-refractivity contribution < 1.29 is 4.74 Å². The third-order valence-corrected chi connectivity index (χ3v) is 2.89. The van der Waals surface area contributed by atoms with E-state index in [4.69, 9.17) is 4.74 Å². The summed E-state index contributed by atoms with van der Waals surface area (Å²) in [6.45, 7) is 4.29. The fraction of sp³-hybridized carbons (Fsp3) is 1.00. The highest BCUT2D eigenvalue weighted by molar-refractivity contribution is 4.86. The molecule has 2 nitrogen and oxygen atoms in total. The van der Waals surface area contributed by atoms with Crippen LogP contribution in [0.3, 0.4) is 0 Å². The molecular formula is C9H17NO. The average molecular weight is 155 g/mol. The van der Waals surface area contributed by atoms with Crippen LogP contribution in [0, 0.1) is 5.92 Å². The predicted octanol–water partition coefficient (Wildman–Crippen LogP) is 1.16. The maximum Gasteiger partial charge on any atom is 0.0731 e. The first-order valence-electron chi connectivity index (χ1n) is 4.71. The molecule has 0 bridgehead atoms. The summed E-state index contributed by atoms with van der Waals surface area (Å²) in [7, 11) is 0. The number of ether oxygens (including phenoxy) is 1. The van der Waals surface area contributed by atoms with Gasteiger partial charge in [0, 0.05) is 12.6 Å². The second-order valence-electron chi connectivity index (χ2n) is 3.89. The molecule has 1 saturated carbocycles. The first-order valence-corrected chi connectivity index (χ1v) is 4.71. The summed E-state index contributed by atoms with van der Waals surface area (Å²) in [6, 6.07) is 0.667. The smallest absolute Gasteiger partial charge is 0.0731 e. The number of rotatable bonds is 0. The van der Waals surface area contributed by atoms with Gasteiger partial charge in [0.1, 0.15) is 0 Å². The van der Waals surface area contributed by atoms with Gasteiger partial charge in [0.25, 0.3) is 0 Å². The second kappa shape index (κ2) is 3.11. The van der Waals surface area contributed by atoms with Crippen LogP contribution in [0.1, 0.15) is 26.2 Å². The minimum Gasteiger partial charge on any atom is -0.375 e. The van der Waals surface area contributed by atoms with E-state index in [2.05, 4.69) is 12.2 Å². The molecule has 64 valence electrons. The Morgan fingerprint density at radius 2 is 2.27 bits per heavy atom. The first kappa shape index (κ1) is 7.56. The Morgan fingerprint density at radius 3 is 3.18 bits per heavy atom. The minimum absolute atomic E-state index is 0.521. The molecular weight excluding hydrogens is 138 g/mol. The lowest BCUT2D eigenvalue weighted by Gasteiger charge is -2.38. The van der Waals surface area contributed by atoms with Crippen molar-refractivity contribution >= 4 is 0 Å². The number of hydrogen-bond donors (Lipinski definition) is 1. The summed E-state index contributed by atoms with van der Waals surface area (Å²) in [5.41, 5.74) is 0. The van der Waals surface area contributed by atoms with Gasteiger partial charge in [0.15, 0.2) is 0 Å². The molecule has 3 atom stereocenters. The van der Waals surface area contributed by atoms with Gasteiger partial charge in [-0.15, -0.1) is 0 Å². The molecule has 2 fully saturated rings. The molecule has 0 spiro atoms. The van der Waals surface area contributed by atoms with E-state index in [0.717, 1.165) is 19.1 Å². The molecule has 1 N–H and O–H groups in total. The van der Waals surface area contributed by atoms with E-state index in [1.54, 1.807) is 0 Å². The van der Waals surface area contributed by atoms with E-state index in [9.17, 15) is 0 Å². The fourth-order valence-corrected chi connectivity index (χ4v) is 2.20. The zero-order chi connectivity index (χ0) is 7.68. The van der Waals surface area contributed by atoms with Crippen molar-refractivity contribution in [3.8, 4) is 0 Å². The molecule has 0 aromatic heterocycles. The Labute approximate surface area is 68.3 Å². The summed E-state index contributed by atoms with van der Waals surface area (Å²) in [5, 5.41) is 3.52. The third-order valence-electron chi connectivity index (χ3n) is 2.89. The molecule has 1 heterocycles. The Bertz CT molecular complexity index is 138. The maximum absolute atomic E-state index is 5.69. The zero-order valence-electron chi connectivity index (χ0n) is 7.18. The molecule has 2 rings (SSSR count). The molecule has 0 radical (unpaired) electrons. The molecule has 0 amide bonds. The predicted molar refractivity (Wildman–Crippen MR) is 44.5 cm³/mol. The van der Waals surface area contributed by atoms with Crippen molar-refractivity contribution in [3.63, 3.8) is 0 Å². The lowest BCUT2D eigenvalue weighted by molar-refractivity contribution is -0.0349. The van der Waals surface area contributed by atoms with Crippen LogP contribution >= 0.6 is 0 Å². The van der Waals surface area contributed by atoms with E-state index >= 15 is 0 Å². The van der Waals surface area contributed by atoms with Crippen molar-refractivity contribution in [2.75, 3.05) is 13.2 Å². The van der Waals surface area contributed by atoms with Gasteiger partial charge in [-0.1, -0.05) is 6.92 Å². The summed E-state index contributed by atoms with van der Waals surface area (Å²) in [5.74, 6) is 0.871. The lowest BCUT2D eigenvalue weighted by Crippen LogP contribution is -2.51. The Kier molecular flexibility index (Phi) is 2.14. The number of fused-ring (bicyclic) bond motifs is 1. The first-order chi connectivity index (χ1) is 5.36. The highest BCUT2D eigenvalue weighted by Gasteiger charge is 2.30. The van der Waals surface area contributed by atoms with Gasteiger partial charge in [-0.3, -0.25) is 0 Å². The topological polar surface area (TPSA) is 21.3 Å². The van der Waals surface area contributed by atoms with Gasteiger partial charge in [0.05, 0.1) is 12.7 Å². The third kappa shape index (κ3) is 1.57. The SMILES string of the molecule is CC1CC[C@@H]2NCCO[C@@H]2C1. The quantitative estimate of drug-likeness (QED) is 0.567. The Hall–Kier alpha value is -0.0800. The van der Waals surface area contributed by atoms with Crippen LogP contribution in [0.5, 0.6) is 0 Å². The van der Waals surface area contributed by atoms with Crippen molar-refractivity contribution in [1.82, 2.24) is 5.32 Å². The van der Waals surface area contributed by atoms with Gasteiger partial charge in [-0.05, 0) is 25.2 Å². The Morgan fingerprint density at radius 1 is 1.36 bits per heavy atom. The molecule has 11 heavy (non-hydrogen) atoms. The van der Waals surface area contributed by atoms with Crippen LogP contribution in [-0.2, 0) is 4.74 Å². The largest absolute Gasteiger partial charge is 0.375 e. The van der Waals surface area contributed by atoms with Crippen LogP contribution < -0.4 is 5.32 Å². The van der Waals surface area contributed by atoms with E-state index in [0.29, 0.717) is 12.1 Å². The van der Waals surface area contributed by atoms with Crippen LogP contribution in [0.25, 0.3) is 0 Å². The van der Waals surface area contributed by atoms with Crippen molar-refractivity contribution in [2.24, 2.45) is 5.92 Å². The summed E-state index contributed by atoms with van der Waals surface area (Å²) >= 11 is 0. The van der Waals surface area contributed by atoms with Gasteiger partial charge in [0.2, 0.25) is 0 Å². The maximum atomic E-state index is 5.69. The van der Waals surface area contributed by atoms with Crippen molar-refractivity contribution in [2.45, 2.75) is 38.3 Å². The van der Waals surface area contributed by atoms with Crippen molar-refractivity contribution in [1.29, 1.82) is 0 Å². The molecule has 1 aliphatic heterocycles. The second-order valence-corrected chi connectivity index (χ2v) is 3.89. The van der Waals surface area contributed by atoms with Crippen LogP contribution in [0.2, 0.25) is 0 Å². The molecule has 1 saturated heterocycles. The van der Waals surface area contributed by atoms with E-state index in [1.807, 2.05) is 0 Å². The molecule has 2 heteroatoms. The normalized spacial score (nSPS) is 45.0. The van der Waals surface area contributed by atoms with E-state index < -0.39 is 0 Å². The molecule has 2 aliphatic rings. The lowest BCUT2D eigenvalue weighted by atomic mass is 9.84. The standard InChI is InChI=1S/C9H17NO/c1-7-2-3-8-9(6-7)11-5-4-10-8/h7-10H,2-6H2,1H3/t7?,8-,9+/m0/s1. The Balaban J connectivity index is 1.93.